The molecule has 0 aliphatic heterocycles. The van der Waals surface area contributed by atoms with Crippen molar-refractivity contribution in [3.63, 3.8) is 0 Å². The summed E-state index contributed by atoms with van der Waals surface area (Å²) in [6.45, 7) is 0. The van der Waals surface area contributed by atoms with Gasteiger partial charge in [0.05, 0.1) is 5.02 Å². The molecule has 0 saturated carbocycles. The van der Waals surface area contributed by atoms with Crippen LogP contribution in [0.15, 0.2) is 42.6 Å². The number of aromatic nitrogens is 1. The zero-order valence-electron chi connectivity index (χ0n) is 9.76. The van der Waals surface area contributed by atoms with Crippen molar-refractivity contribution in [2.45, 2.75) is 6.04 Å². The number of carboxylic acid groups (broad SMARTS) is 1. The summed E-state index contributed by atoms with van der Waals surface area (Å²) in [5.74, 6) is -1.65. The Morgan fingerprint density at radius 1 is 1.26 bits per heavy atom. The van der Waals surface area contributed by atoms with Gasteiger partial charge in [-0.1, -0.05) is 41.9 Å². The molecular formula is C13H11ClN2O3. The lowest BCUT2D eigenvalue weighted by Gasteiger charge is -2.14. The largest absolute Gasteiger partial charge is 0.479 e. The SMILES string of the molecule is O=C(N[C@@H](C(=O)O)c1ccccc1)c1cc(Cl)c[nH]1. The van der Waals surface area contributed by atoms with Crippen LogP contribution in [-0.4, -0.2) is 22.0 Å². The van der Waals surface area contributed by atoms with E-state index < -0.39 is 17.9 Å². The first-order valence-corrected chi connectivity index (χ1v) is 5.88. The summed E-state index contributed by atoms with van der Waals surface area (Å²) in [5.41, 5.74) is 0.716. The van der Waals surface area contributed by atoms with E-state index in [2.05, 4.69) is 10.3 Å². The van der Waals surface area contributed by atoms with Gasteiger partial charge in [-0.3, -0.25) is 4.79 Å². The number of hydrogen-bond acceptors (Lipinski definition) is 2. The molecule has 0 spiro atoms. The molecule has 1 atom stereocenters. The number of H-pyrrole nitrogens is 1. The van der Waals surface area contributed by atoms with Gasteiger partial charge in [-0.25, -0.2) is 4.79 Å². The number of aliphatic carboxylic acids is 1. The number of carbonyl (C=O) groups excluding carboxylic acids is 1. The van der Waals surface area contributed by atoms with Crippen molar-refractivity contribution < 1.29 is 14.7 Å². The van der Waals surface area contributed by atoms with Crippen molar-refractivity contribution in [2.75, 3.05) is 0 Å². The first kappa shape index (κ1) is 13.2. The molecule has 0 aliphatic rings. The van der Waals surface area contributed by atoms with E-state index in [0.29, 0.717) is 10.6 Å². The molecule has 3 N–H and O–H groups in total. The van der Waals surface area contributed by atoms with Crippen LogP contribution in [0.25, 0.3) is 0 Å². The maximum absolute atomic E-state index is 11.9. The summed E-state index contributed by atoms with van der Waals surface area (Å²) in [6.07, 6.45) is 1.45. The van der Waals surface area contributed by atoms with E-state index in [0.717, 1.165) is 0 Å². The third kappa shape index (κ3) is 3.14. The predicted molar refractivity (Wildman–Crippen MR) is 70.1 cm³/mol. The van der Waals surface area contributed by atoms with Gasteiger partial charge in [0.15, 0.2) is 6.04 Å². The molecular weight excluding hydrogens is 268 g/mol. The molecule has 1 amide bonds. The van der Waals surface area contributed by atoms with Crippen LogP contribution in [-0.2, 0) is 4.79 Å². The summed E-state index contributed by atoms with van der Waals surface area (Å²) in [6, 6.07) is 8.80. The molecule has 5 nitrogen and oxygen atoms in total. The third-order valence-electron chi connectivity index (χ3n) is 2.55. The molecule has 0 unspecified atom stereocenters. The number of carbonyl (C=O) groups is 2. The summed E-state index contributed by atoms with van der Waals surface area (Å²) in [5, 5.41) is 12.0. The standard InChI is InChI=1S/C13H11ClN2O3/c14-9-6-10(15-7-9)12(17)16-11(13(18)19)8-4-2-1-3-5-8/h1-7,11,15H,(H,16,17)(H,18,19)/t11-/m1/s1. The van der Waals surface area contributed by atoms with Crippen molar-refractivity contribution in [2.24, 2.45) is 0 Å². The van der Waals surface area contributed by atoms with Crippen LogP contribution in [0.2, 0.25) is 5.02 Å². The topological polar surface area (TPSA) is 82.2 Å². The van der Waals surface area contributed by atoms with Crippen molar-refractivity contribution >= 4 is 23.5 Å². The van der Waals surface area contributed by atoms with Crippen LogP contribution < -0.4 is 5.32 Å². The Kier molecular flexibility index (Phi) is 3.87. The van der Waals surface area contributed by atoms with Crippen LogP contribution >= 0.6 is 11.6 Å². The van der Waals surface area contributed by atoms with E-state index in [-0.39, 0.29) is 5.69 Å². The first-order chi connectivity index (χ1) is 9.08. The molecule has 2 rings (SSSR count). The van der Waals surface area contributed by atoms with E-state index in [1.165, 1.54) is 12.3 Å². The molecule has 98 valence electrons. The lowest BCUT2D eigenvalue weighted by atomic mass is 10.1. The molecule has 0 radical (unpaired) electrons. The van der Waals surface area contributed by atoms with E-state index in [4.69, 9.17) is 11.6 Å². The normalized spacial score (nSPS) is 11.8. The fraction of sp³-hybridized carbons (Fsp3) is 0.0769. The second-order valence-corrected chi connectivity index (χ2v) is 4.32. The van der Waals surface area contributed by atoms with Crippen LogP contribution in [0.3, 0.4) is 0 Å². The minimum atomic E-state index is -1.13. The number of hydrogen-bond donors (Lipinski definition) is 3. The van der Waals surface area contributed by atoms with Gasteiger partial charge < -0.3 is 15.4 Å². The Morgan fingerprint density at radius 3 is 2.47 bits per heavy atom. The molecule has 1 aromatic heterocycles. The van der Waals surface area contributed by atoms with Crippen molar-refractivity contribution in [1.29, 1.82) is 0 Å². The minimum Gasteiger partial charge on any atom is -0.479 e. The maximum atomic E-state index is 11.9. The fourth-order valence-corrected chi connectivity index (χ4v) is 1.80. The lowest BCUT2D eigenvalue weighted by Crippen LogP contribution is -2.33. The zero-order valence-corrected chi connectivity index (χ0v) is 10.5. The summed E-state index contributed by atoms with van der Waals surface area (Å²) < 4.78 is 0. The number of nitrogens with one attached hydrogen (secondary N) is 2. The molecule has 2 aromatic rings. The molecule has 19 heavy (non-hydrogen) atoms. The number of rotatable bonds is 4. The highest BCUT2D eigenvalue weighted by atomic mass is 35.5. The molecule has 0 aliphatic carbocycles. The Hall–Kier alpha value is -2.27. The molecule has 0 saturated heterocycles. The number of carboxylic acids is 1. The Balaban J connectivity index is 2.18. The molecule has 0 bridgehead atoms. The summed E-state index contributed by atoms with van der Waals surface area (Å²) in [4.78, 5) is 25.8. The number of amides is 1. The molecule has 6 heteroatoms. The van der Waals surface area contributed by atoms with Crippen molar-refractivity contribution in [3.05, 3.63) is 58.9 Å². The van der Waals surface area contributed by atoms with E-state index >= 15 is 0 Å². The second kappa shape index (κ2) is 5.58. The number of halogens is 1. The van der Waals surface area contributed by atoms with Gasteiger partial charge in [0.25, 0.3) is 5.91 Å². The molecule has 0 fully saturated rings. The van der Waals surface area contributed by atoms with Crippen LogP contribution in [0.1, 0.15) is 22.1 Å². The Morgan fingerprint density at radius 2 is 1.95 bits per heavy atom. The monoisotopic (exact) mass is 278 g/mol. The van der Waals surface area contributed by atoms with Gasteiger partial charge in [-0.15, -0.1) is 0 Å². The molecule has 1 aromatic carbocycles. The van der Waals surface area contributed by atoms with E-state index in [1.54, 1.807) is 30.3 Å². The van der Waals surface area contributed by atoms with Gasteiger partial charge in [-0.2, -0.15) is 0 Å². The van der Waals surface area contributed by atoms with Gasteiger partial charge in [0.1, 0.15) is 5.69 Å². The Labute approximate surface area is 114 Å². The highest BCUT2D eigenvalue weighted by molar-refractivity contribution is 6.31. The second-order valence-electron chi connectivity index (χ2n) is 3.89. The van der Waals surface area contributed by atoms with Gasteiger partial charge in [-0.05, 0) is 11.6 Å². The lowest BCUT2D eigenvalue weighted by molar-refractivity contribution is -0.139. The first-order valence-electron chi connectivity index (χ1n) is 5.50. The third-order valence-corrected chi connectivity index (χ3v) is 2.77. The van der Waals surface area contributed by atoms with Crippen LogP contribution in [0, 0.1) is 0 Å². The quantitative estimate of drug-likeness (QED) is 0.802. The zero-order chi connectivity index (χ0) is 13.8. The van der Waals surface area contributed by atoms with Crippen LogP contribution in [0.4, 0.5) is 0 Å². The smallest absolute Gasteiger partial charge is 0.330 e. The van der Waals surface area contributed by atoms with Gasteiger partial charge in [0, 0.05) is 6.20 Å². The summed E-state index contributed by atoms with van der Waals surface area (Å²) in [7, 11) is 0. The van der Waals surface area contributed by atoms with Crippen molar-refractivity contribution in [1.82, 2.24) is 10.3 Å². The number of aromatic amines is 1. The highest BCUT2D eigenvalue weighted by Crippen LogP contribution is 2.15. The highest BCUT2D eigenvalue weighted by Gasteiger charge is 2.22. The fourth-order valence-electron chi connectivity index (χ4n) is 1.64. The predicted octanol–water partition coefficient (Wildman–Crippen LogP) is 2.22. The summed E-state index contributed by atoms with van der Waals surface area (Å²) >= 11 is 5.69. The number of benzene rings is 1. The average Bonchev–Trinajstić information content (AvgIpc) is 2.83. The van der Waals surface area contributed by atoms with E-state index in [9.17, 15) is 14.7 Å². The van der Waals surface area contributed by atoms with E-state index in [1.807, 2.05) is 0 Å². The van der Waals surface area contributed by atoms with Crippen molar-refractivity contribution in [3.8, 4) is 0 Å². The average molecular weight is 279 g/mol. The maximum Gasteiger partial charge on any atom is 0.330 e. The molecule has 1 heterocycles. The van der Waals surface area contributed by atoms with Gasteiger partial charge in [0.2, 0.25) is 0 Å². The minimum absolute atomic E-state index is 0.215. The van der Waals surface area contributed by atoms with Crippen LogP contribution in [0.5, 0.6) is 0 Å². The van der Waals surface area contributed by atoms with Gasteiger partial charge >= 0.3 is 5.97 Å². The Bertz CT molecular complexity index is 595.